The number of thiazole rings is 2. The number of aromatic amines is 4. The van der Waals surface area contributed by atoms with E-state index in [1.807, 2.05) is 167 Å². The average Bonchev–Trinajstić information content (AvgIpc) is 1.07. The topological polar surface area (TPSA) is 341 Å². The van der Waals surface area contributed by atoms with Crippen molar-refractivity contribution in [2.45, 2.75) is 206 Å². The van der Waals surface area contributed by atoms with Crippen molar-refractivity contribution in [3.8, 4) is 77.1 Å². The molecule has 0 radical (unpaired) electrons. The van der Waals surface area contributed by atoms with Crippen molar-refractivity contribution in [1.29, 1.82) is 0 Å². The zero-order chi connectivity index (χ0) is 95.2. The van der Waals surface area contributed by atoms with Crippen molar-refractivity contribution in [3.63, 3.8) is 0 Å². The number of ketones is 1. The molecule has 12 aromatic rings. The van der Waals surface area contributed by atoms with Crippen LogP contribution in [0.25, 0.3) is 65.6 Å². The molecule has 0 unspecified atom stereocenters. The molecule has 132 heavy (non-hydrogen) atoms. The molecule has 0 atom stereocenters. The number of unbranched alkanes of at least 4 members (excludes halogenated alkanes) is 2. The van der Waals surface area contributed by atoms with Crippen molar-refractivity contribution in [1.82, 2.24) is 34.6 Å². The number of hydrogen-bond acceptors (Lipinski definition) is 19. The van der Waals surface area contributed by atoms with Crippen LogP contribution < -0.4 is 56.9 Å². The molecule has 0 aliphatic heterocycles. The van der Waals surface area contributed by atoms with E-state index in [0.717, 1.165) is 119 Å². The highest BCUT2D eigenvalue weighted by Crippen LogP contribution is 2.44. The molecule has 3 amide bonds. The van der Waals surface area contributed by atoms with Gasteiger partial charge in [0.25, 0.3) is 40.0 Å². The molecule has 3 fully saturated rings. The summed E-state index contributed by atoms with van der Waals surface area (Å²) in [5.74, 6) is -0.659. The molecule has 15 rings (SSSR count). The second kappa shape index (κ2) is 42.8. The summed E-state index contributed by atoms with van der Waals surface area (Å²) in [5.41, 5.74) is 7.61. The molecule has 6 aromatic heterocycles. The number of hydrogen-bond donors (Lipinski definition) is 8. The first kappa shape index (κ1) is 98.5. The molecule has 3 aliphatic rings. The van der Waals surface area contributed by atoms with Gasteiger partial charge in [-0.1, -0.05) is 201 Å². The quantitative estimate of drug-likeness (QED) is 0.0184. The Balaban J connectivity index is 0.000000159. The monoisotopic (exact) mass is 1850 g/mol. The SMILES string of the molecule is CCCCOc1ccc(-c2cc(-c3ccc(C(C)(C)C)cc3)c(C(=O)NS(=O)(=O)C3CC3)c(=O)[nH]2)cc1.CCCCOc1ccc(-c2cc(-c3ccc(C(C)(C)C)cc3)c(C(C)=O)c(=O)[nH]2)cc1.Cc1ccc(NC(=O)c2c(-c3cnc(N(C)C)s3)cc(C3(F)CCCCC3)[nH]c2=O)cc1.Cc1ccc(NC(=O)c2c(-c3cnc(N(C)C)s3)cc(C3(O)CCCCC3)[nH]c2=O)cc1. The van der Waals surface area contributed by atoms with Crippen LogP contribution >= 0.6 is 22.7 Å². The molecule has 24 nitrogen and oxygen atoms in total. The van der Waals surface area contributed by atoms with Gasteiger partial charge in [-0.25, -0.2) is 27.5 Å². The fourth-order valence-electron chi connectivity index (χ4n) is 15.6. The van der Waals surface area contributed by atoms with Gasteiger partial charge in [0.05, 0.1) is 45.2 Å². The smallest absolute Gasteiger partial charge is 0.270 e. The number of nitrogens with zero attached hydrogens (tertiary/aromatic N) is 4. The lowest BCUT2D eigenvalue weighted by molar-refractivity contribution is -0.00481. The van der Waals surface area contributed by atoms with Gasteiger partial charge in [0.1, 0.15) is 33.8 Å². The number of nitrogens with one attached hydrogen (secondary N) is 7. The number of rotatable bonds is 26. The number of aromatic nitrogens is 6. The second-order valence-corrected chi connectivity index (χ2v) is 40.6. The van der Waals surface area contributed by atoms with Crippen LogP contribution in [0.15, 0.2) is 201 Å². The minimum Gasteiger partial charge on any atom is -0.494 e. The van der Waals surface area contributed by atoms with Crippen molar-refractivity contribution in [3.05, 3.63) is 280 Å². The van der Waals surface area contributed by atoms with E-state index in [0.29, 0.717) is 118 Å². The average molecular weight is 1850 g/mol. The molecule has 0 spiro atoms. The Kier molecular flexibility index (Phi) is 32.0. The highest BCUT2D eigenvalue weighted by Gasteiger charge is 2.40. The lowest BCUT2D eigenvalue weighted by Crippen LogP contribution is -2.37. The maximum atomic E-state index is 15.7. The molecule has 694 valence electrons. The largest absolute Gasteiger partial charge is 0.494 e. The minimum atomic E-state index is -3.82. The summed E-state index contributed by atoms with van der Waals surface area (Å²) in [6.45, 7) is 23.7. The first-order chi connectivity index (χ1) is 62.7. The van der Waals surface area contributed by atoms with Gasteiger partial charge in [-0.15, -0.1) is 0 Å². The summed E-state index contributed by atoms with van der Waals surface area (Å²) in [6.07, 6.45) is 15.7. The molecule has 0 saturated heterocycles. The van der Waals surface area contributed by atoms with E-state index in [2.05, 4.69) is 113 Å². The Hall–Kier alpha value is -12.5. The van der Waals surface area contributed by atoms with E-state index in [-0.39, 0.29) is 50.1 Å². The molecular formula is C104H120FN11O13S3. The summed E-state index contributed by atoms with van der Waals surface area (Å²) in [7, 11) is 3.70. The Bertz CT molecular complexity index is 6260. The van der Waals surface area contributed by atoms with Crippen LogP contribution in [-0.2, 0) is 32.1 Å². The Morgan fingerprint density at radius 1 is 0.485 bits per heavy atom. The van der Waals surface area contributed by atoms with Crippen LogP contribution in [0.4, 0.5) is 26.0 Å². The first-order valence-corrected chi connectivity index (χ1v) is 48.2. The van der Waals surface area contributed by atoms with Crippen molar-refractivity contribution < 1.29 is 46.6 Å². The van der Waals surface area contributed by atoms with Gasteiger partial charge < -0.3 is 54.9 Å². The highest BCUT2D eigenvalue weighted by molar-refractivity contribution is 7.91. The number of carbonyl (C=O) groups is 4. The van der Waals surface area contributed by atoms with Crippen LogP contribution in [-0.4, -0.2) is 114 Å². The maximum absolute atomic E-state index is 15.7. The van der Waals surface area contributed by atoms with Crippen LogP contribution in [0.2, 0.25) is 0 Å². The van der Waals surface area contributed by atoms with E-state index < -0.39 is 60.9 Å². The predicted molar refractivity (Wildman–Crippen MR) is 530 cm³/mol. The fraction of sp³-hybridized carbons (Fsp3) is 0.365. The second-order valence-electron chi connectivity index (χ2n) is 36.6. The molecule has 8 N–H and O–H groups in total. The van der Waals surface area contributed by atoms with Crippen molar-refractivity contribution in [2.24, 2.45) is 0 Å². The normalized spacial score (nSPS) is 14.0. The third-order valence-corrected chi connectivity index (χ3v) is 27.8. The molecule has 3 aliphatic carbocycles. The number of amides is 3. The number of ether oxygens (including phenoxy) is 2. The van der Waals surface area contributed by atoms with Gasteiger partial charge in [-0.3, -0.25) is 38.4 Å². The van der Waals surface area contributed by atoms with Crippen LogP contribution in [0.5, 0.6) is 11.5 Å². The predicted octanol–water partition coefficient (Wildman–Crippen LogP) is 21.3. The number of aryl methyl sites for hydroxylation is 2. The number of Topliss-reactive ketones (excluding diaryl/α,β-unsaturated/α-hetero) is 1. The summed E-state index contributed by atoms with van der Waals surface area (Å²) in [5, 5.41) is 17.8. The number of halogens is 1. The zero-order valence-electron chi connectivity index (χ0n) is 77.9. The number of sulfonamides is 1. The molecule has 3 saturated carbocycles. The number of anilines is 4. The van der Waals surface area contributed by atoms with Gasteiger partial charge >= 0.3 is 0 Å². The third kappa shape index (κ3) is 24.8. The lowest BCUT2D eigenvalue weighted by Gasteiger charge is -2.32. The van der Waals surface area contributed by atoms with E-state index in [4.69, 9.17) is 9.47 Å². The standard InChI is InChI=1S/C29H34N2O5S.C27H31NO3.C24H27FN4O2S.C24H28N4O3S/c1-5-6-17-36-22-13-9-20(10-14-22)25-18-24(19-7-11-21(12-8-19)29(2,3)4)26(27(32)30-25)28(33)31-37(34,35)23-15-16-23;1-6-7-16-31-22-14-10-20(11-15-22)24-17-23(25(18(2)29)26(30)28-24)19-8-12-21(13-9-19)27(3,4)5;1-15-7-9-16(10-8-15)27-21(30)20-17(18-14-26-23(32-18)29(2)3)13-19(28-22(20)31)24(25)11-5-4-6-12-24;1-15-7-9-16(10-8-15)26-21(29)20-17(18-14-25-23(32-18)28(2)3)13-19(27-22(20)30)24(31)11-5-4-6-12-24/h7-14,18,23H,5-6,15-17H2,1-4H3,(H,30,32)(H,31,33);8-15,17H,6-7,16H2,1-5H3,(H,28,30);7-10,13-14H,4-6,11-12H2,1-3H3,(H,27,30)(H,28,31);7-10,13-14,31H,4-6,11-12H2,1-3H3,(H,26,29)(H,27,30). The Morgan fingerprint density at radius 2 is 0.848 bits per heavy atom. The third-order valence-electron chi connectivity index (χ3n) is 23.6. The van der Waals surface area contributed by atoms with Crippen LogP contribution in [0.1, 0.15) is 240 Å². The van der Waals surface area contributed by atoms with Gasteiger partial charge in [0.15, 0.2) is 21.7 Å². The van der Waals surface area contributed by atoms with Gasteiger partial charge in [-0.2, -0.15) is 0 Å². The zero-order valence-corrected chi connectivity index (χ0v) is 80.3. The summed E-state index contributed by atoms with van der Waals surface area (Å²) >= 11 is 2.75. The molecule has 28 heteroatoms. The number of H-pyrrole nitrogens is 4. The van der Waals surface area contributed by atoms with Crippen molar-refractivity contribution in [2.75, 3.05) is 61.8 Å². The summed E-state index contributed by atoms with van der Waals surface area (Å²) in [6, 6.07) is 52.4. The van der Waals surface area contributed by atoms with Gasteiger partial charge in [-0.05, 0) is 226 Å². The maximum Gasteiger partial charge on any atom is 0.270 e. The molecule has 6 aromatic carbocycles. The molecule has 0 bridgehead atoms. The van der Waals surface area contributed by atoms with Gasteiger partial charge in [0.2, 0.25) is 10.0 Å². The number of alkyl halides is 1. The van der Waals surface area contributed by atoms with E-state index >= 15 is 4.39 Å². The fourth-order valence-corrected chi connectivity index (χ4v) is 18.6. The summed E-state index contributed by atoms with van der Waals surface area (Å²) in [4.78, 5) is 129. The number of carbonyl (C=O) groups excluding carboxylic acids is 4. The van der Waals surface area contributed by atoms with E-state index in [1.165, 1.54) is 35.2 Å². The van der Waals surface area contributed by atoms with Crippen molar-refractivity contribution >= 4 is 77.8 Å². The van der Waals surface area contributed by atoms with E-state index in [9.17, 15) is 51.9 Å². The lowest BCUT2D eigenvalue weighted by atomic mass is 9.81. The molecular weight excluding hydrogens is 1730 g/mol. The van der Waals surface area contributed by atoms with E-state index in [1.54, 1.807) is 54.9 Å². The number of pyridine rings is 4. The number of aliphatic hydroxyl groups is 1. The summed E-state index contributed by atoms with van der Waals surface area (Å²) < 4.78 is 54.2. The van der Waals surface area contributed by atoms with Crippen LogP contribution in [0.3, 0.4) is 0 Å². The molecule has 6 heterocycles. The minimum absolute atomic E-state index is 0.0164. The Labute approximate surface area is 778 Å². The van der Waals surface area contributed by atoms with Gasteiger partial charge in [0, 0.05) is 85.6 Å². The Morgan fingerprint density at radius 3 is 1.23 bits per heavy atom. The number of benzene rings is 6. The first-order valence-electron chi connectivity index (χ1n) is 45.0. The van der Waals surface area contributed by atoms with Crippen LogP contribution in [0, 0.1) is 13.8 Å². The highest BCUT2D eigenvalue weighted by atomic mass is 32.2.